The van der Waals surface area contributed by atoms with E-state index in [1.54, 1.807) is 50.8 Å². The summed E-state index contributed by atoms with van der Waals surface area (Å²) in [5.74, 6) is -2.19. The van der Waals surface area contributed by atoms with E-state index in [0.29, 0.717) is 11.3 Å². The summed E-state index contributed by atoms with van der Waals surface area (Å²) in [7, 11) is 0. The number of hydrogen-bond acceptors (Lipinski definition) is 6. The van der Waals surface area contributed by atoms with Crippen LogP contribution in [-0.4, -0.2) is 36.2 Å². The molecule has 35 heavy (non-hydrogen) atoms. The zero-order valence-electron chi connectivity index (χ0n) is 20.5. The first kappa shape index (κ1) is 24.7. The lowest BCUT2D eigenvalue weighted by molar-refractivity contribution is -0.194. The number of carbonyl (C=O) groups is 3. The van der Waals surface area contributed by atoms with Crippen molar-refractivity contribution >= 4 is 23.5 Å². The van der Waals surface area contributed by atoms with E-state index >= 15 is 0 Å². The number of carbonyl (C=O) groups excluding carboxylic acids is 3. The molecule has 1 fully saturated rings. The van der Waals surface area contributed by atoms with E-state index in [4.69, 9.17) is 14.2 Å². The van der Waals surface area contributed by atoms with Gasteiger partial charge in [0.1, 0.15) is 0 Å². The summed E-state index contributed by atoms with van der Waals surface area (Å²) in [5.41, 5.74) is -2.09. The molecule has 184 valence electrons. The van der Waals surface area contributed by atoms with Crippen LogP contribution in [0.15, 0.2) is 67.3 Å². The standard InChI is InChI=1S/C28H31NO6/c1-6-21-16-27(25(31)33-18(2)3,26(32)34-19(4)5)28(35-21)22-14-10-11-15-23(22)29(24(28)30)17-20-12-8-7-9-13-20/h6-15,18-19,21H,1,16-17H2,2-5H3. The lowest BCUT2D eigenvalue weighted by Gasteiger charge is -2.37. The van der Waals surface area contributed by atoms with E-state index in [9.17, 15) is 14.4 Å². The van der Waals surface area contributed by atoms with Crippen LogP contribution in [0.3, 0.4) is 0 Å². The van der Waals surface area contributed by atoms with Crippen LogP contribution < -0.4 is 4.90 Å². The third kappa shape index (κ3) is 3.84. The molecule has 0 N–H and O–H groups in total. The molecular weight excluding hydrogens is 446 g/mol. The van der Waals surface area contributed by atoms with Crippen molar-refractivity contribution in [3.05, 3.63) is 78.4 Å². The molecule has 0 radical (unpaired) electrons. The quantitative estimate of drug-likeness (QED) is 0.336. The number of esters is 2. The number of fused-ring (bicyclic) bond motifs is 2. The number of ether oxygens (including phenoxy) is 3. The summed E-state index contributed by atoms with van der Waals surface area (Å²) < 4.78 is 17.6. The fourth-order valence-corrected chi connectivity index (χ4v) is 4.98. The Morgan fingerprint density at radius 3 is 2.17 bits per heavy atom. The lowest BCUT2D eigenvalue weighted by Crippen LogP contribution is -2.59. The Labute approximate surface area is 205 Å². The molecule has 7 heteroatoms. The van der Waals surface area contributed by atoms with Gasteiger partial charge < -0.3 is 19.1 Å². The first-order chi connectivity index (χ1) is 16.7. The van der Waals surface area contributed by atoms with Crippen LogP contribution >= 0.6 is 0 Å². The molecule has 2 aromatic carbocycles. The minimum atomic E-state index is -2.04. The summed E-state index contributed by atoms with van der Waals surface area (Å²) >= 11 is 0. The molecule has 4 rings (SSSR count). The van der Waals surface area contributed by atoms with Crippen LogP contribution in [0.5, 0.6) is 0 Å². The molecule has 2 atom stereocenters. The van der Waals surface area contributed by atoms with Crippen LogP contribution in [-0.2, 0) is 40.7 Å². The number of amides is 1. The van der Waals surface area contributed by atoms with Gasteiger partial charge in [-0.1, -0.05) is 54.6 Å². The Bertz CT molecular complexity index is 1120. The summed E-state index contributed by atoms with van der Waals surface area (Å²) in [6, 6.07) is 16.6. The van der Waals surface area contributed by atoms with Crippen LogP contribution in [0.25, 0.3) is 0 Å². The van der Waals surface area contributed by atoms with Crippen molar-refractivity contribution in [1.82, 2.24) is 0 Å². The van der Waals surface area contributed by atoms with Crippen molar-refractivity contribution in [3.63, 3.8) is 0 Å². The van der Waals surface area contributed by atoms with Gasteiger partial charge in [0.25, 0.3) is 5.91 Å². The van der Waals surface area contributed by atoms with E-state index < -0.39 is 47.2 Å². The van der Waals surface area contributed by atoms with Gasteiger partial charge >= 0.3 is 11.9 Å². The molecule has 1 saturated heterocycles. The van der Waals surface area contributed by atoms with Crippen molar-refractivity contribution in [2.24, 2.45) is 5.41 Å². The average molecular weight is 478 g/mol. The van der Waals surface area contributed by atoms with E-state index in [1.807, 2.05) is 36.4 Å². The highest BCUT2D eigenvalue weighted by Crippen LogP contribution is 2.61. The van der Waals surface area contributed by atoms with E-state index in [1.165, 1.54) is 6.08 Å². The maximum absolute atomic E-state index is 14.4. The molecule has 0 aliphatic carbocycles. The molecule has 1 spiro atoms. The summed E-state index contributed by atoms with van der Waals surface area (Å²) in [6.45, 7) is 10.8. The van der Waals surface area contributed by atoms with Crippen molar-refractivity contribution in [1.29, 1.82) is 0 Å². The molecule has 0 aromatic heterocycles. The number of hydrogen-bond donors (Lipinski definition) is 0. The number of para-hydroxylation sites is 1. The molecule has 2 heterocycles. The zero-order valence-corrected chi connectivity index (χ0v) is 20.5. The van der Waals surface area contributed by atoms with Gasteiger partial charge in [-0.3, -0.25) is 14.4 Å². The Hall–Kier alpha value is -3.45. The summed E-state index contributed by atoms with van der Waals surface area (Å²) in [5, 5.41) is 0. The second-order valence-corrected chi connectivity index (χ2v) is 9.48. The third-order valence-corrected chi connectivity index (χ3v) is 6.39. The zero-order chi connectivity index (χ0) is 25.4. The second kappa shape index (κ2) is 9.30. The van der Waals surface area contributed by atoms with Gasteiger partial charge in [-0.2, -0.15) is 0 Å². The fraction of sp³-hybridized carbons (Fsp3) is 0.393. The van der Waals surface area contributed by atoms with Gasteiger partial charge in [-0.25, -0.2) is 0 Å². The number of rotatable bonds is 7. The Morgan fingerprint density at radius 2 is 1.60 bits per heavy atom. The van der Waals surface area contributed by atoms with Gasteiger partial charge in [0.15, 0.2) is 0 Å². The van der Waals surface area contributed by atoms with Crippen molar-refractivity contribution < 1.29 is 28.6 Å². The average Bonchev–Trinajstić information content (AvgIpc) is 3.30. The number of anilines is 1. The van der Waals surface area contributed by atoms with Crippen LogP contribution in [0.2, 0.25) is 0 Å². The smallest absolute Gasteiger partial charge is 0.327 e. The Balaban J connectivity index is 1.96. The Morgan fingerprint density at radius 1 is 1.03 bits per heavy atom. The highest BCUT2D eigenvalue weighted by molar-refractivity contribution is 6.16. The van der Waals surface area contributed by atoms with Crippen molar-refractivity contribution in [2.45, 2.75) is 64.6 Å². The summed E-state index contributed by atoms with van der Waals surface area (Å²) in [6.07, 6.45) is -0.392. The minimum Gasteiger partial charge on any atom is -0.462 e. The van der Waals surface area contributed by atoms with Gasteiger partial charge in [-0.15, -0.1) is 6.58 Å². The van der Waals surface area contributed by atoms with Crippen LogP contribution in [0.1, 0.15) is 45.2 Å². The van der Waals surface area contributed by atoms with Gasteiger partial charge in [-0.05, 0) is 39.3 Å². The third-order valence-electron chi connectivity index (χ3n) is 6.39. The molecule has 2 aromatic rings. The monoisotopic (exact) mass is 477 g/mol. The fourth-order valence-electron chi connectivity index (χ4n) is 4.98. The van der Waals surface area contributed by atoms with E-state index in [-0.39, 0.29) is 13.0 Å². The Kier molecular flexibility index (Phi) is 6.56. The van der Waals surface area contributed by atoms with Crippen molar-refractivity contribution in [2.75, 3.05) is 4.90 Å². The minimum absolute atomic E-state index is 0.118. The van der Waals surface area contributed by atoms with Gasteiger partial charge in [0.2, 0.25) is 11.0 Å². The molecule has 2 unspecified atom stereocenters. The molecule has 2 aliphatic heterocycles. The highest BCUT2D eigenvalue weighted by atomic mass is 16.6. The first-order valence-corrected chi connectivity index (χ1v) is 11.8. The van der Waals surface area contributed by atoms with E-state index in [0.717, 1.165) is 5.56 Å². The SMILES string of the molecule is C=CC1CC(C(=O)OC(C)C)(C(=O)OC(C)C)C2(O1)C(=O)N(Cc1ccccc1)c1ccccc12. The predicted octanol–water partition coefficient (Wildman–Crippen LogP) is 4.29. The molecule has 7 nitrogen and oxygen atoms in total. The largest absolute Gasteiger partial charge is 0.462 e. The molecule has 0 bridgehead atoms. The molecule has 0 saturated carbocycles. The number of benzene rings is 2. The maximum Gasteiger partial charge on any atom is 0.327 e. The summed E-state index contributed by atoms with van der Waals surface area (Å²) in [4.78, 5) is 43.6. The second-order valence-electron chi connectivity index (χ2n) is 9.48. The van der Waals surface area contributed by atoms with Crippen LogP contribution in [0, 0.1) is 5.41 Å². The van der Waals surface area contributed by atoms with E-state index in [2.05, 4.69) is 6.58 Å². The predicted molar refractivity (Wildman–Crippen MR) is 130 cm³/mol. The lowest BCUT2D eigenvalue weighted by atomic mass is 9.67. The first-order valence-electron chi connectivity index (χ1n) is 11.8. The molecule has 1 amide bonds. The van der Waals surface area contributed by atoms with Crippen molar-refractivity contribution in [3.8, 4) is 0 Å². The molecular formula is C28H31NO6. The normalized spacial score (nSPS) is 22.5. The van der Waals surface area contributed by atoms with Gasteiger partial charge in [0.05, 0.1) is 30.5 Å². The van der Waals surface area contributed by atoms with Gasteiger partial charge in [0, 0.05) is 12.0 Å². The molecule has 2 aliphatic rings. The maximum atomic E-state index is 14.4. The number of nitrogens with zero attached hydrogens (tertiary/aromatic N) is 1. The van der Waals surface area contributed by atoms with Crippen LogP contribution in [0.4, 0.5) is 5.69 Å². The highest BCUT2D eigenvalue weighted by Gasteiger charge is 2.77. The topological polar surface area (TPSA) is 82.1 Å².